The molecule has 0 amide bonds. The van der Waals surface area contributed by atoms with E-state index in [1.54, 1.807) is 6.92 Å². The Kier molecular flexibility index (Phi) is 5.86. The molecule has 1 unspecified atom stereocenters. The first-order valence-electron chi connectivity index (χ1n) is 6.20. The van der Waals surface area contributed by atoms with Gasteiger partial charge >= 0.3 is 5.97 Å². The Morgan fingerprint density at radius 2 is 1.65 bits per heavy atom. The molecular formula is C14H26O3. The zero-order valence-electron chi connectivity index (χ0n) is 12.1. The maximum atomic E-state index is 11.4. The van der Waals surface area contributed by atoms with Gasteiger partial charge < -0.3 is 9.53 Å². The molecule has 0 radical (unpaired) electrons. The van der Waals surface area contributed by atoms with Crippen molar-refractivity contribution in [3.8, 4) is 0 Å². The predicted octanol–water partition coefficient (Wildman–Crippen LogP) is 3.36. The molecular weight excluding hydrogens is 216 g/mol. The maximum absolute atomic E-state index is 11.4. The first-order valence-corrected chi connectivity index (χ1v) is 6.20. The van der Waals surface area contributed by atoms with E-state index in [1.807, 2.05) is 0 Å². The van der Waals surface area contributed by atoms with Gasteiger partial charge in [-0.05, 0) is 24.2 Å². The van der Waals surface area contributed by atoms with Crippen LogP contribution in [0, 0.1) is 10.8 Å². The third-order valence-electron chi connectivity index (χ3n) is 3.29. The smallest absolute Gasteiger partial charge is 0.306 e. The molecule has 1 atom stereocenters. The van der Waals surface area contributed by atoms with Crippen molar-refractivity contribution in [3.05, 3.63) is 0 Å². The Balaban J connectivity index is 4.66. The summed E-state index contributed by atoms with van der Waals surface area (Å²) in [4.78, 5) is 22.6. The number of hydrogen-bond acceptors (Lipinski definition) is 3. The highest BCUT2D eigenvalue weighted by molar-refractivity contribution is 5.76. The highest BCUT2D eigenvalue weighted by atomic mass is 16.5. The van der Waals surface area contributed by atoms with Crippen molar-refractivity contribution in [2.24, 2.45) is 10.8 Å². The molecule has 0 aliphatic rings. The molecule has 3 heteroatoms. The third kappa shape index (κ3) is 6.44. The Bertz CT molecular complexity index is 281. The standard InChI is InChI=1S/C14H26O3/c1-7-14(5,9-12(16)17-6)10-13(3,4)8-11(2)15/h7-10H2,1-6H3. The van der Waals surface area contributed by atoms with E-state index < -0.39 is 0 Å². The number of carbonyl (C=O) groups is 2. The van der Waals surface area contributed by atoms with Crippen LogP contribution in [0.4, 0.5) is 0 Å². The Morgan fingerprint density at radius 1 is 1.12 bits per heavy atom. The Hall–Kier alpha value is -0.860. The van der Waals surface area contributed by atoms with Crippen LogP contribution in [-0.4, -0.2) is 18.9 Å². The van der Waals surface area contributed by atoms with Crippen LogP contribution in [0.3, 0.4) is 0 Å². The van der Waals surface area contributed by atoms with Gasteiger partial charge in [-0.15, -0.1) is 0 Å². The lowest BCUT2D eigenvalue weighted by molar-refractivity contribution is -0.143. The first kappa shape index (κ1) is 16.1. The van der Waals surface area contributed by atoms with Crippen LogP contribution >= 0.6 is 0 Å². The zero-order valence-corrected chi connectivity index (χ0v) is 12.1. The summed E-state index contributed by atoms with van der Waals surface area (Å²) in [5, 5.41) is 0. The minimum atomic E-state index is -0.173. The van der Waals surface area contributed by atoms with Crippen LogP contribution in [0.1, 0.15) is 60.3 Å². The van der Waals surface area contributed by atoms with Gasteiger partial charge in [0.2, 0.25) is 0 Å². The second-order valence-electron chi connectivity index (χ2n) is 6.14. The van der Waals surface area contributed by atoms with E-state index in [-0.39, 0.29) is 22.6 Å². The largest absolute Gasteiger partial charge is 0.469 e. The van der Waals surface area contributed by atoms with Gasteiger partial charge in [0.25, 0.3) is 0 Å². The third-order valence-corrected chi connectivity index (χ3v) is 3.29. The van der Waals surface area contributed by atoms with Gasteiger partial charge in [0.05, 0.1) is 13.5 Å². The van der Waals surface area contributed by atoms with Crippen molar-refractivity contribution in [2.45, 2.75) is 60.3 Å². The van der Waals surface area contributed by atoms with Gasteiger partial charge in [-0.3, -0.25) is 4.79 Å². The lowest BCUT2D eigenvalue weighted by atomic mass is 9.69. The second-order valence-corrected chi connectivity index (χ2v) is 6.14. The Labute approximate surface area is 105 Å². The summed E-state index contributed by atoms with van der Waals surface area (Å²) in [5.41, 5.74) is -0.156. The highest BCUT2D eigenvalue weighted by Gasteiger charge is 2.34. The second kappa shape index (κ2) is 6.18. The number of ketones is 1. The molecule has 0 aliphatic heterocycles. The van der Waals surface area contributed by atoms with Gasteiger partial charge in [-0.1, -0.05) is 34.1 Å². The van der Waals surface area contributed by atoms with Crippen LogP contribution in [0.25, 0.3) is 0 Å². The lowest BCUT2D eigenvalue weighted by Crippen LogP contribution is -2.29. The fourth-order valence-electron chi connectivity index (χ4n) is 2.62. The molecule has 0 saturated heterocycles. The van der Waals surface area contributed by atoms with Gasteiger partial charge in [-0.2, -0.15) is 0 Å². The molecule has 0 spiro atoms. The quantitative estimate of drug-likeness (QED) is 0.643. The number of rotatable bonds is 7. The van der Waals surface area contributed by atoms with E-state index in [0.717, 1.165) is 12.8 Å². The van der Waals surface area contributed by atoms with Crippen molar-refractivity contribution in [1.82, 2.24) is 0 Å². The normalized spacial score (nSPS) is 15.2. The maximum Gasteiger partial charge on any atom is 0.306 e. The predicted molar refractivity (Wildman–Crippen MR) is 68.7 cm³/mol. The molecule has 0 aliphatic carbocycles. The molecule has 0 rings (SSSR count). The monoisotopic (exact) mass is 242 g/mol. The number of methoxy groups -OCH3 is 1. The fraction of sp³-hybridized carbons (Fsp3) is 0.857. The minimum absolute atomic E-state index is 0.0649. The minimum Gasteiger partial charge on any atom is -0.469 e. The summed E-state index contributed by atoms with van der Waals surface area (Å²) in [7, 11) is 1.42. The van der Waals surface area contributed by atoms with E-state index in [2.05, 4.69) is 27.7 Å². The molecule has 0 aromatic rings. The number of esters is 1. The van der Waals surface area contributed by atoms with Crippen molar-refractivity contribution in [2.75, 3.05) is 7.11 Å². The van der Waals surface area contributed by atoms with Crippen LogP contribution in [0.15, 0.2) is 0 Å². The van der Waals surface area contributed by atoms with E-state index in [4.69, 9.17) is 4.74 Å². The van der Waals surface area contributed by atoms with Gasteiger partial charge in [0.15, 0.2) is 0 Å². The topological polar surface area (TPSA) is 43.4 Å². The van der Waals surface area contributed by atoms with Crippen LogP contribution in [0.2, 0.25) is 0 Å². The number of Topliss-reactive ketones (excluding diaryl/α,β-unsaturated/α-hetero) is 1. The number of hydrogen-bond donors (Lipinski definition) is 0. The van der Waals surface area contributed by atoms with Crippen LogP contribution in [0.5, 0.6) is 0 Å². The molecule has 0 saturated carbocycles. The van der Waals surface area contributed by atoms with E-state index >= 15 is 0 Å². The summed E-state index contributed by atoms with van der Waals surface area (Å²) in [6, 6.07) is 0. The van der Waals surface area contributed by atoms with Gasteiger partial charge in [0, 0.05) is 6.42 Å². The molecule has 0 heterocycles. The van der Waals surface area contributed by atoms with E-state index in [9.17, 15) is 9.59 Å². The molecule has 0 aromatic heterocycles. The van der Waals surface area contributed by atoms with Crippen molar-refractivity contribution >= 4 is 11.8 Å². The summed E-state index contributed by atoms with van der Waals surface area (Å²) in [6.07, 6.45) is 2.74. The van der Waals surface area contributed by atoms with Crippen LogP contribution < -0.4 is 0 Å². The summed E-state index contributed by atoms with van der Waals surface area (Å²) in [6.45, 7) is 9.95. The molecule has 0 aromatic carbocycles. The highest BCUT2D eigenvalue weighted by Crippen LogP contribution is 2.41. The average molecular weight is 242 g/mol. The molecule has 0 N–H and O–H groups in total. The van der Waals surface area contributed by atoms with Crippen LogP contribution in [-0.2, 0) is 14.3 Å². The lowest BCUT2D eigenvalue weighted by Gasteiger charge is -2.36. The summed E-state index contributed by atoms with van der Waals surface area (Å²) >= 11 is 0. The summed E-state index contributed by atoms with van der Waals surface area (Å²) < 4.78 is 4.74. The van der Waals surface area contributed by atoms with Gasteiger partial charge in [0.1, 0.15) is 5.78 Å². The number of carbonyl (C=O) groups excluding carboxylic acids is 2. The zero-order chi connectivity index (χ0) is 13.7. The van der Waals surface area contributed by atoms with Crippen molar-refractivity contribution in [3.63, 3.8) is 0 Å². The molecule has 3 nitrogen and oxygen atoms in total. The molecule has 100 valence electrons. The molecule has 17 heavy (non-hydrogen) atoms. The Morgan fingerprint density at radius 3 is 2.00 bits per heavy atom. The van der Waals surface area contributed by atoms with E-state index in [1.165, 1.54) is 7.11 Å². The fourth-order valence-corrected chi connectivity index (χ4v) is 2.62. The van der Waals surface area contributed by atoms with E-state index in [0.29, 0.717) is 12.8 Å². The summed E-state index contributed by atoms with van der Waals surface area (Å²) in [5.74, 6) is 0.0273. The van der Waals surface area contributed by atoms with Gasteiger partial charge in [-0.25, -0.2) is 0 Å². The van der Waals surface area contributed by atoms with Crippen molar-refractivity contribution in [1.29, 1.82) is 0 Å². The molecule has 0 bridgehead atoms. The average Bonchev–Trinajstić information content (AvgIpc) is 2.14. The molecule has 0 fully saturated rings. The van der Waals surface area contributed by atoms with Crippen molar-refractivity contribution < 1.29 is 14.3 Å². The first-order chi connectivity index (χ1) is 7.64. The SMILES string of the molecule is CCC(C)(CC(=O)OC)CC(C)(C)CC(C)=O. The number of ether oxygens (including phenoxy) is 1.